The molecule has 0 aromatic heterocycles. The summed E-state index contributed by atoms with van der Waals surface area (Å²) >= 11 is 0. The first-order valence-electron chi connectivity index (χ1n) is 9.53. The van der Waals surface area contributed by atoms with Crippen molar-refractivity contribution < 1.29 is 14.3 Å². The number of nitrogens with two attached hydrogens (primary N) is 1. The van der Waals surface area contributed by atoms with E-state index in [0.717, 1.165) is 31.0 Å². The number of halogens is 1. The van der Waals surface area contributed by atoms with Crippen LogP contribution in [0, 0.1) is 5.41 Å². The Bertz CT molecular complexity index is 641. The maximum absolute atomic E-state index is 12.8. The number of nitrogens with zero attached hydrogens (tertiary/aromatic N) is 2. The second kappa shape index (κ2) is 9.13. The molecule has 1 aromatic carbocycles. The molecular formula is C20H32ClN3O3. The summed E-state index contributed by atoms with van der Waals surface area (Å²) in [6.07, 6.45) is 0.794. The van der Waals surface area contributed by atoms with Crippen LogP contribution in [0.2, 0.25) is 0 Å². The lowest BCUT2D eigenvalue weighted by molar-refractivity contribution is -0.134. The van der Waals surface area contributed by atoms with Crippen LogP contribution in [0.15, 0.2) is 24.3 Å². The molecule has 7 heteroatoms. The fourth-order valence-electron chi connectivity index (χ4n) is 3.72. The molecule has 1 saturated heterocycles. The van der Waals surface area contributed by atoms with Gasteiger partial charge in [0.2, 0.25) is 5.91 Å². The van der Waals surface area contributed by atoms with E-state index in [4.69, 9.17) is 15.2 Å². The molecule has 27 heavy (non-hydrogen) atoms. The predicted octanol–water partition coefficient (Wildman–Crippen LogP) is 2.16. The van der Waals surface area contributed by atoms with Crippen molar-refractivity contribution in [3.05, 3.63) is 24.3 Å². The number of rotatable bonds is 5. The normalized spacial score (nSPS) is 24.0. The molecule has 2 unspecified atom stereocenters. The SMILES string of the molecule is CCN(CC1COc2ccccc2O1)C(=O)CN1CCC(N)C(C)(C)C1.Cl. The van der Waals surface area contributed by atoms with Gasteiger partial charge in [-0.05, 0) is 30.9 Å². The molecule has 0 spiro atoms. The molecule has 2 aliphatic rings. The van der Waals surface area contributed by atoms with E-state index in [-0.39, 0.29) is 35.9 Å². The van der Waals surface area contributed by atoms with Crippen molar-refractivity contribution in [2.45, 2.75) is 39.3 Å². The van der Waals surface area contributed by atoms with Crippen LogP contribution in [0.25, 0.3) is 0 Å². The van der Waals surface area contributed by atoms with Gasteiger partial charge in [0.15, 0.2) is 17.6 Å². The molecule has 2 N–H and O–H groups in total. The summed E-state index contributed by atoms with van der Waals surface area (Å²) in [6.45, 7) is 10.2. The number of hydrogen-bond acceptors (Lipinski definition) is 5. The number of para-hydroxylation sites is 2. The molecule has 0 radical (unpaired) electrons. The molecule has 2 heterocycles. The molecular weight excluding hydrogens is 366 g/mol. The van der Waals surface area contributed by atoms with Crippen molar-refractivity contribution in [2.24, 2.45) is 11.1 Å². The molecule has 0 aliphatic carbocycles. The van der Waals surface area contributed by atoms with Gasteiger partial charge >= 0.3 is 0 Å². The number of carbonyl (C=O) groups excluding carboxylic acids is 1. The number of likely N-dealkylation sites (tertiary alicyclic amines) is 1. The van der Waals surface area contributed by atoms with Crippen LogP contribution < -0.4 is 15.2 Å². The number of amides is 1. The van der Waals surface area contributed by atoms with Gasteiger partial charge < -0.3 is 20.1 Å². The lowest BCUT2D eigenvalue weighted by Gasteiger charge is -2.43. The molecule has 1 amide bonds. The largest absolute Gasteiger partial charge is 0.486 e. The zero-order chi connectivity index (χ0) is 18.7. The van der Waals surface area contributed by atoms with E-state index in [1.165, 1.54) is 0 Å². The zero-order valence-electron chi connectivity index (χ0n) is 16.5. The van der Waals surface area contributed by atoms with Crippen LogP contribution in [-0.2, 0) is 4.79 Å². The van der Waals surface area contributed by atoms with Crippen LogP contribution in [0.3, 0.4) is 0 Å². The van der Waals surface area contributed by atoms with Crippen LogP contribution in [0.5, 0.6) is 11.5 Å². The van der Waals surface area contributed by atoms with Gasteiger partial charge in [-0.2, -0.15) is 0 Å². The maximum atomic E-state index is 12.8. The van der Waals surface area contributed by atoms with Crippen molar-refractivity contribution in [1.29, 1.82) is 0 Å². The fourth-order valence-corrected chi connectivity index (χ4v) is 3.72. The summed E-state index contributed by atoms with van der Waals surface area (Å²) in [5, 5.41) is 0. The van der Waals surface area contributed by atoms with Crippen LogP contribution >= 0.6 is 12.4 Å². The van der Waals surface area contributed by atoms with Gasteiger partial charge in [-0.25, -0.2) is 0 Å². The van der Waals surface area contributed by atoms with E-state index in [1.807, 2.05) is 36.1 Å². The average molecular weight is 398 g/mol. The minimum absolute atomic E-state index is 0. The second-order valence-electron chi connectivity index (χ2n) is 8.02. The Hall–Kier alpha value is -1.50. The Morgan fingerprint density at radius 2 is 2.04 bits per heavy atom. The summed E-state index contributed by atoms with van der Waals surface area (Å²) in [5.74, 6) is 1.66. The lowest BCUT2D eigenvalue weighted by Crippen LogP contribution is -2.55. The van der Waals surface area contributed by atoms with Crippen molar-refractivity contribution >= 4 is 18.3 Å². The van der Waals surface area contributed by atoms with Crippen molar-refractivity contribution in [3.8, 4) is 11.5 Å². The Morgan fingerprint density at radius 3 is 2.70 bits per heavy atom. The average Bonchev–Trinajstić information content (AvgIpc) is 2.62. The molecule has 0 saturated carbocycles. The smallest absolute Gasteiger partial charge is 0.236 e. The maximum Gasteiger partial charge on any atom is 0.236 e. The van der Waals surface area contributed by atoms with Crippen molar-refractivity contribution in [3.63, 3.8) is 0 Å². The molecule has 2 aliphatic heterocycles. The van der Waals surface area contributed by atoms with E-state index < -0.39 is 0 Å². The molecule has 1 aromatic rings. The van der Waals surface area contributed by atoms with Gasteiger partial charge in [0.05, 0.1) is 13.1 Å². The third-order valence-electron chi connectivity index (χ3n) is 5.48. The summed E-state index contributed by atoms with van der Waals surface area (Å²) < 4.78 is 11.8. The third kappa shape index (κ3) is 5.27. The summed E-state index contributed by atoms with van der Waals surface area (Å²) in [7, 11) is 0. The Morgan fingerprint density at radius 1 is 1.33 bits per heavy atom. The third-order valence-corrected chi connectivity index (χ3v) is 5.48. The molecule has 1 fully saturated rings. The predicted molar refractivity (Wildman–Crippen MR) is 109 cm³/mol. The van der Waals surface area contributed by atoms with Crippen LogP contribution in [-0.4, -0.2) is 67.2 Å². The first-order valence-corrected chi connectivity index (χ1v) is 9.53. The number of ether oxygens (including phenoxy) is 2. The first-order chi connectivity index (χ1) is 12.4. The molecule has 3 rings (SSSR count). The lowest BCUT2D eigenvalue weighted by atomic mass is 9.80. The van der Waals surface area contributed by atoms with E-state index >= 15 is 0 Å². The van der Waals surface area contributed by atoms with Gasteiger partial charge in [0.25, 0.3) is 0 Å². The van der Waals surface area contributed by atoms with Gasteiger partial charge in [-0.3, -0.25) is 9.69 Å². The Labute approximate surface area is 168 Å². The van der Waals surface area contributed by atoms with Crippen LogP contribution in [0.4, 0.5) is 0 Å². The van der Waals surface area contributed by atoms with Gasteiger partial charge in [-0.15, -0.1) is 12.4 Å². The Balaban J connectivity index is 0.00000261. The number of hydrogen-bond donors (Lipinski definition) is 1. The van der Waals surface area contributed by atoms with Gasteiger partial charge in [0, 0.05) is 25.7 Å². The summed E-state index contributed by atoms with van der Waals surface area (Å²) in [5.41, 5.74) is 6.24. The molecule has 6 nitrogen and oxygen atoms in total. The zero-order valence-corrected chi connectivity index (χ0v) is 17.3. The second-order valence-corrected chi connectivity index (χ2v) is 8.02. The van der Waals surface area contributed by atoms with E-state index in [0.29, 0.717) is 26.2 Å². The topological polar surface area (TPSA) is 68.0 Å². The van der Waals surface area contributed by atoms with E-state index in [1.54, 1.807) is 0 Å². The number of piperidine rings is 1. The quantitative estimate of drug-likeness (QED) is 0.824. The monoisotopic (exact) mass is 397 g/mol. The van der Waals surface area contributed by atoms with E-state index in [9.17, 15) is 4.79 Å². The first kappa shape index (κ1) is 21.8. The fraction of sp³-hybridized carbons (Fsp3) is 0.650. The highest BCUT2D eigenvalue weighted by Crippen LogP contribution is 2.31. The highest BCUT2D eigenvalue weighted by molar-refractivity contribution is 5.85. The highest BCUT2D eigenvalue weighted by atomic mass is 35.5. The van der Waals surface area contributed by atoms with Gasteiger partial charge in [-0.1, -0.05) is 26.0 Å². The minimum atomic E-state index is -0.139. The van der Waals surface area contributed by atoms with Crippen LogP contribution in [0.1, 0.15) is 27.2 Å². The number of fused-ring (bicyclic) bond motifs is 1. The van der Waals surface area contributed by atoms with Crippen molar-refractivity contribution in [1.82, 2.24) is 9.80 Å². The minimum Gasteiger partial charge on any atom is -0.486 e. The number of benzene rings is 1. The summed E-state index contributed by atoms with van der Waals surface area (Å²) in [6, 6.07) is 7.85. The summed E-state index contributed by atoms with van der Waals surface area (Å²) in [4.78, 5) is 16.9. The standard InChI is InChI=1S/C20H31N3O3.ClH/c1-4-23(11-15-13-25-16-7-5-6-8-17(16)26-15)19(24)12-22-10-9-18(21)20(2,3)14-22;/h5-8,15,18H,4,9-14,21H2,1-3H3;1H. The Kier molecular flexibility index (Phi) is 7.37. The van der Waals surface area contributed by atoms with Crippen molar-refractivity contribution in [2.75, 3.05) is 39.3 Å². The molecule has 152 valence electrons. The van der Waals surface area contributed by atoms with Gasteiger partial charge in [0.1, 0.15) is 6.61 Å². The molecule has 2 atom stereocenters. The number of carbonyl (C=O) groups is 1. The highest BCUT2D eigenvalue weighted by Gasteiger charge is 2.34. The molecule has 0 bridgehead atoms. The van der Waals surface area contributed by atoms with E-state index in [2.05, 4.69) is 18.7 Å². The number of likely N-dealkylation sites (N-methyl/N-ethyl adjacent to an activating group) is 1.